The number of benzene rings is 1. The van der Waals surface area contributed by atoms with E-state index in [1.165, 1.54) is 25.7 Å². The number of aliphatic carboxylic acids is 1. The second kappa shape index (κ2) is 9.38. The molecule has 2 aliphatic rings. The molecule has 1 heterocycles. The number of fused-ring (bicyclic) bond motifs is 1. The summed E-state index contributed by atoms with van der Waals surface area (Å²) in [5.74, 6) is -1.25. The van der Waals surface area contributed by atoms with Gasteiger partial charge in [0, 0.05) is 30.9 Å². The molecule has 2 fully saturated rings. The summed E-state index contributed by atoms with van der Waals surface area (Å²) in [7, 11) is 0. The van der Waals surface area contributed by atoms with Crippen LogP contribution in [0, 0.1) is 30.6 Å². The molecule has 4 atom stereocenters. The molecule has 0 N–H and O–H groups in total. The van der Waals surface area contributed by atoms with Crippen molar-refractivity contribution < 1.29 is 44.3 Å². The maximum absolute atomic E-state index is 12.9. The first-order valence-electron chi connectivity index (χ1n) is 9.51. The molecule has 26 heavy (non-hydrogen) atoms. The predicted molar refractivity (Wildman–Crippen MR) is 94.6 cm³/mol. The Balaban J connectivity index is 0.00000243. The van der Waals surface area contributed by atoms with Crippen molar-refractivity contribution in [3.05, 3.63) is 35.4 Å². The van der Waals surface area contributed by atoms with Gasteiger partial charge < -0.3 is 14.8 Å². The third-order valence-corrected chi connectivity index (χ3v) is 6.28. The molecular formula is C21H28NNaO3. The Morgan fingerprint density at radius 1 is 1.15 bits per heavy atom. The quantitative estimate of drug-likeness (QED) is 0.642. The fraction of sp³-hybridized carbons (Fsp3) is 0.619. The normalized spacial score (nSPS) is 24.3. The largest absolute Gasteiger partial charge is 1.00 e. The number of rotatable bonds is 5. The third kappa shape index (κ3) is 4.71. The van der Waals surface area contributed by atoms with Crippen molar-refractivity contribution in [2.24, 2.45) is 23.7 Å². The van der Waals surface area contributed by atoms with Gasteiger partial charge in [-0.15, -0.1) is 0 Å². The Bertz CT molecular complexity index is 634. The van der Waals surface area contributed by atoms with E-state index in [0.717, 1.165) is 24.2 Å². The van der Waals surface area contributed by atoms with Crippen molar-refractivity contribution in [2.45, 2.75) is 46.0 Å². The van der Waals surface area contributed by atoms with Gasteiger partial charge in [0.15, 0.2) is 0 Å². The van der Waals surface area contributed by atoms with Gasteiger partial charge in [-0.3, -0.25) is 4.79 Å². The molecule has 2 unspecified atom stereocenters. The molecule has 0 aromatic heterocycles. The molecule has 136 valence electrons. The van der Waals surface area contributed by atoms with Crippen LogP contribution in [0.1, 0.15) is 43.7 Å². The fourth-order valence-electron chi connectivity index (χ4n) is 4.59. The van der Waals surface area contributed by atoms with E-state index in [-0.39, 0.29) is 35.5 Å². The van der Waals surface area contributed by atoms with Crippen LogP contribution in [0.2, 0.25) is 0 Å². The summed E-state index contributed by atoms with van der Waals surface area (Å²) in [6.45, 7) is 5.33. The molecule has 0 radical (unpaired) electrons. The summed E-state index contributed by atoms with van der Waals surface area (Å²) in [4.78, 5) is 26.6. The zero-order valence-electron chi connectivity index (χ0n) is 16.2. The zero-order chi connectivity index (χ0) is 18.0. The molecule has 5 heteroatoms. The Morgan fingerprint density at radius 3 is 2.27 bits per heavy atom. The first kappa shape index (κ1) is 21.5. The van der Waals surface area contributed by atoms with Gasteiger partial charge in [0.05, 0.1) is 0 Å². The second-order valence-electron chi connectivity index (χ2n) is 7.89. The van der Waals surface area contributed by atoms with Crippen molar-refractivity contribution in [3.63, 3.8) is 0 Å². The fourth-order valence-corrected chi connectivity index (χ4v) is 4.59. The topological polar surface area (TPSA) is 60.4 Å². The summed E-state index contributed by atoms with van der Waals surface area (Å²) < 4.78 is 0. The van der Waals surface area contributed by atoms with Gasteiger partial charge in [-0.1, -0.05) is 44.0 Å². The van der Waals surface area contributed by atoms with Crippen molar-refractivity contribution in [1.29, 1.82) is 0 Å². The molecule has 1 aromatic carbocycles. The van der Waals surface area contributed by atoms with Gasteiger partial charge in [-0.2, -0.15) is 0 Å². The predicted octanol–water partition coefficient (Wildman–Crippen LogP) is -0.808. The second-order valence-corrected chi connectivity index (χ2v) is 7.89. The van der Waals surface area contributed by atoms with Crippen molar-refractivity contribution in [2.75, 3.05) is 13.1 Å². The summed E-state index contributed by atoms with van der Waals surface area (Å²) >= 11 is 0. The van der Waals surface area contributed by atoms with Crippen LogP contribution in [-0.4, -0.2) is 29.9 Å². The van der Waals surface area contributed by atoms with Crippen molar-refractivity contribution in [1.82, 2.24) is 4.90 Å². The first-order chi connectivity index (χ1) is 12.0. The van der Waals surface area contributed by atoms with Gasteiger partial charge in [0.1, 0.15) is 0 Å². The van der Waals surface area contributed by atoms with Gasteiger partial charge in [0.25, 0.3) is 0 Å². The van der Waals surface area contributed by atoms with Gasteiger partial charge >= 0.3 is 29.6 Å². The number of carbonyl (C=O) groups is 2. The van der Waals surface area contributed by atoms with E-state index in [0.29, 0.717) is 18.3 Å². The van der Waals surface area contributed by atoms with Gasteiger partial charge in [-0.05, 0) is 49.1 Å². The van der Waals surface area contributed by atoms with Crippen LogP contribution in [0.3, 0.4) is 0 Å². The number of amides is 1. The summed E-state index contributed by atoms with van der Waals surface area (Å²) in [5, 5.41) is 11.7. The minimum Gasteiger partial charge on any atom is -0.550 e. The molecule has 4 nitrogen and oxygen atoms in total. The molecule has 3 rings (SSSR count). The van der Waals surface area contributed by atoms with Crippen LogP contribution in [0.25, 0.3) is 0 Å². The number of carbonyl (C=O) groups excluding carboxylic acids is 2. The van der Waals surface area contributed by atoms with Crippen molar-refractivity contribution >= 4 is 11.9 Å². The standard InChI is InChI=1S/C21H29NO3.Na/c1-14-7-3-4-8-16(14)11-19(21(24)25)15(2)20(23)22-12-17-9-5-6-10-18(17)13-22;/h3-4,7-8,15,17-19H,5-6,9-13H2,1-2H3,(H,24,25);/q;+1/p-1/t15?,17-,18+,19?;. The van der Waals surface area contributed by atoms with E-state index in [1.54, 1.807) is 6.92 Å². The Morgan fingerprint density at radius 2 is 1.73 bits per heavy atom. The number of nitrogens with zero attached hydrogens (tertiary/aromatic N) is 1. The first-order valence-corrected chi connectivity index (χ1v) is 9.51. The van der Waals surface area contributed by atoms with Crippen LogP contribution < -0.4 is 34.7 Å². The molecule has 1 amide bonds. The third-order valence-electron chi connectivity index (χ3n) is 6.28. The molecule has 1 aliphatic heterocycles. The molecule has 0 spiro atoms. The minimum atomic E-state index is -1.12. The van der Waals surface area contributed by atoms with E-state index in [1.807, 2.05) is 36.1 Å². The molecular weight excluding hydrogens is 337 g/mol. The molecule has 1 saturated carbocycles. The van der Waals surface area contributed by atoms with Crippen molar-refractivity contribution in [3.8, 4) is 0 Å². The smallest absolute Gasteiger partial charge is 0.550 e. The zero-order valence-corrected chi connectivity index (χ0v) is 18.2. The van der Waals surface area contributed by atoms with E-state index in [2.05, 4.69) is 0 Å². The summed E-state index contributed by atoms with van der Waals surface area (Å²) in [5.41, 5.74) is 2.03. The number of carboxylic acid groups (broad SMARTS) is 1. The monoisotopic (exact) mass is 365 g/mol. The Kier molecular flexibility index (Phi) is 7.75. The van der Waals surface area contributed by atoms with Gasteiger partial charge in [-0.25, -0.2) is 0 Å². The van der Waals surface area contributed by atoms with Crippen LogP contribution in [0.5, 0.6) is 0 Å². The number of likely N-dealkylation sites (tertiary alicyclic amines) is 1. The van der Waals surface area contributed by atoms with Gasteiger partial charge in [0.2, 0.25) is 5.91 Å². The molecule has 1 aromatic rings. The van der Waals surface area contributed by atoms with E-state index >= 15 is 0 Å². The number of carboxylic acids is 1. The van der Waals surface area contributed by atoms with E-state index < -0.39 is 17.8 Å². The van der Waals surface area contributed by atoms with Crippen LogP contribution in [0.4, 0.5) is 0 Å². The SMILES string of the molecule is Cc1ccccc1CC(C(=O)[O-])C(C)C(=O)N1C[C@H]2CCCC[C@H]2C1.[Na+]. The summed E-state index contributed by atoms with van der Waals surface area (Å²) in [6.07, 6.45) is 5.27. The molecule has 0 bridgehead atoms. The number of aryl methyl sites for hydroxylation is 1. The van der Waals surface area contributed by atoms with E-state index in [9.17, 15) is 14.7 Å². The van der Waals surface area contributed by atoms with Crippen LogP contribution in [0.15, 0.2) is 24.3 Å². The van der Waals surface area contributed by atoms with Crippen LogP contribution in [-0.2, 0) is 16.0 Å². The Hall–Kier alpha value is -0.840. The summed E-state index contributed by atoms with van der Waals surface area (Å²) in [6, 6.07) is 7.76. The van der Waals surface area contributed by atoms with Crippen LogP contribution >= 0.6 is 0 Å². The van der Waals surface area contributed by atoms with E-state index in [4.69, 9.17) is 0 Å². The maximum atomic E-state index is 12.9. The maximum Gasteiger partial charge on any atom is 1.00 e. The minimum absolute atomic E-state index is 0. The number of hydrogen-bond donors (Lipinski definition) is 0. The molecule has 1 saturated heterocycles. The number of hydrogen-bond acceptors (Lipinski definition) is 3. The average Bonchev–Trinajstić information content (AvgIpc) is 3.03. The molecule has 1 aliphatic carbocycles. The Labute approximate surface area is 178 Å². The average molecular weight is 365 g/mol.